The summed E-state index contributed by atoms with van der Waals surface area (Å²) in [6, 6.07) is 7.18. The van der Waals surface area contributed by atoms with E-state index in [1.54, 1.807) is 12.1 Å². The lowest BCUT2D eigenvalue weighted by Crippen LogP contribution is -2.43. The molecule has 0 saturated carbocycles. The maximum Gasteiger partial charge on any atom is 0.131 e. The van der Waals surface area contributed by atoms with Gasteiger partial charge in [0.2, 0.25) is 0 Å². The normalized spacial score (nSPS) is 16.5. The van der Waals surface area contributed by atoms with Crippen LogP contribution in [-0.2, 0) is 0 Å². The molecule has 84 valence electrons. The SMILES string of the molecule is Oc1ccccc1C#CCN1CCNCC1. The van der Waals surface area contributed by atoms with Crippen LogP contribution in [0.2, 0.25) is 0 Å². The van der Waals surface area contributed by atoms with Crippen molar-refractivity contribution in [2.24, 2.45) is 0 Å². The van der Waals surface area contributed by atoms with E-state index in [1.165, 1.54) is 0 Å². The molecule has 0 bridgehead atoms. The first-order valence-corrected chi connectivity index (χ1v) is 5.56. The molecule has 2 N–H and O–H groups in total. The number of hydrogen-bond acceptors (Lipinski definition) is 3. The summed E-state index contributed by atoms with van der Waals surface area (Å²) in [5.74, 6) is 6.36. The summed E-state index contributed by atoms with van der Waals surface area (Å²) in [6.07, 6.45) is 0. The van der Waals surface area contributed by atoms with E-state index in [0.717, 1.165) is 32.7 Å². The molecule has 0 radical (unpaired) electrons. The van der Waals surface area contributed by atoms with Crippen molar-refractivity contribution in [2.75, 3.05) is 32.7 Å². The van der Waals surface area contributed by atoms with Crippen molar-refractivity contribution < 1.29 is 5.11 Å². The molecule has 1 aromatic carbocycles. The van der Waals surface area contributed by atoms with Crippen LogP contribution in [0.3, 0.4) is 0 Å². The fraction of sp³-hybridized carbons (Fsp3) is 0.385. The number of hydrogen-bond donors (Lipinski definition) is 2. The predicted molar refractivity (Wildman–Crippen MR) is 64.3 cm³/mol. The number of piperazine rings is 1. The zero-order valence-corrected chi connectivity index (χ0v) is 9.24. The second-order valence-corrected chi connectivity index (χ2v) is 3.85. The molecule has 1 aliphatic heterocycles. The molecule has 1 heterocycles. The average Bonchev–Trinajstić information content (AvgIpc) is 2.33. The van der Waals surface area contributed by atoms with Gasteiger partial charge in [-0.15, -0.1) is 0 Å². The molecule has 0 atom stereocenters. The highest BCUT2D eigenvalue weighted by Gasteiger charge is 2.06. The van der Waals surface area contributed by atoms with Gasteiger partial charge in [-0.05, 0) is 12.1 Å². The Kier molecular flexibility index (Phi) is 3.81. The third kappa shape index (κ3) is 2.99. The number of para-hydroxylation sites is 1. The minimum atomic E-state index is 0.260. The quantitative estimate of drug-likeness (QED) is 0.677. The van der Waals surface area contributed by atoms with E-state index in [1.807, 2.05) is 12.1 Å². The Hall–Kier alpha value is -1.50. The molecule has 2 rings (SSSR count). The average molecular weight is 216 g/mol. The lowest BCUT2D eigenvalue weighted by atomic mass is 10.2. The molecular weight excluding hydrogens is 200 g/mol. The smallest absolute Gasteiger partial charge is 0.131 e. The Bertz CT molecular complexity index is 400. The van der Waals surface area contributed by atoms with Crippen molar-refractivity contribution in [2.45, 2.75) is 0 Å². The highest BCUT2D eigenvalue weighted by molar-refractivity contribution is 5.44. The van der Waals surface area contributed by atoms with Crippen molar-refractivity contribution in [1.82, 2.24) is 10.2 Å². The highest BCUT2D eigenvalue weighted by Crippen LogP contribution is 2.13. The van der Waals surface area contributed by atoms with Gasteiger partial charge in [0.1, 0.15) is 5.75 Å². The van der Waals surface area contributed by atoms with Crippen molar-refractivity contribution in [3.05, 3.63) is 29.8 Å². The first kappa shape index (κ1) is 11.0. The van der Waals surface area contributed by atoms with Crippen LogP contribution < -0.4 is 5.32 Å². The summed E-state index contributed by atoms with van der Waals surface area (Å²) in [4.78, 5) is 2.31. The van der Waals surface area contributed by atoms with Gasteiger partial charge in [0.05, 0.1) is 12.1 Å². The zero-order valence-electron chi connectivity index (χ0n) is 9.24. The fourth-order valence-electron chi connectivity index (χ4n) is 1.70. The van der Waals surface area contributed by atoms with E-state index in [9.17, 15) is 5.11 Å². The van der Waals surface area contributed by atoms with Gasteiger partial charge in [-0.2, -0.15) is 0 Å². The van der Waals surface area contributed by atoms with Gasteiger partial charge in [-0.25, -0.2) is 0 Å². The molecule has 0 amide bonds. The topological polar surface area (TPSA) is 35.5 Å². The highest BCUT2D eigenvalue weighted by atomic mass is 16.3. The number of rotatable bonds is 1. The summed E-state index contributed by atoms with van der Waals surface area (Å²) in [7, 11) is 0. The molecule has 0 aliphatic carbocycles. The van der Waals surface area contributed by atoms with Gasteiger partial charge >= 0.3 is 0 Å². The first-order chi connectivity index (χ1) is 7.86. The zero-order chi connectivity index (χ0) is 11.2. The minimum Gasteiger partial charge on any atom is -0.507 e. The second-order valence-electron chi connectivity index (χ2n) is 3.85. The lowest BCUT2D eigenvalue weighted by molar-refractivity contribution is 0.268. The number of nitrogens with zero attached hydrogens (tertiary/aromatic N) is 1. The minimum absolute atomic E-state index is 0.260. The maximum absolute atomic E-state index is 9.52. The van der Waals surface area contributed by atoms with E-state index >= 15 is 0 Å². The summed E-state index contributed by atoms with van der Waals surface area (Å²) in [6.45, 7) is 4.96. The van der Waals surface area contributed by atoms with Crippen LogP contribution in [0.4, 0.5) is 0 Å². The van der Waals surface area contributed by atoms with Gasteiger partial charge in [0, 0.05) is 26.2 Å². The molecular formula is C13H16N2O. The largest absolute Gasteiger partial charge is 0.507 e. The van der Waals surface area contributed by atoms with Crippen LogP contribution in [0, 0.1) is 11.8 Å². The summed E-state index contributed by atoms with van der Waals surface area (Å²) < 4.78 is 0. The first-order valence-electron chi connectivity index (χ1n) is 5.56. The molecule has 0 spiro atoms. The van der Waals surface area contributed by atoms with Gasteiger partial charge < -0.3 is 10.4 Å². The van der Waals surface area contributed by atoms with Crippen LogP contribution >= 0.6 is 0 Å². The second kappa shape index (κ2) is 5.55. The Morgan fingerprint density at radius 3 is 2.75 bits per heavy atom. The number of phenolic OH excluding ortho intramolecular Hbond substituents is 1. The predicted octanol–water partition coefficient (Wildman–Crippen LogP) is 0.649. The maximum atomic E-state index is 9.52. The Morgan fingerprint density at radius 1 is 1.25 bits per heavy atom. The van der Waals surface area contributed by atoms with Crippen LogP contribution in [0.15, 0.2) is 24.3 Å². The molecule has 1 aliphatic rings. The van der Waals surface area contributed by atoms with E-state index in [-0.39, 0.29) is 5.75 Å². The van der Waals surface area contributed by atoms with Crippen LogP contribution in [-0.4, -0.2) is 42.7 Å². The molecule has 0 aromatic heterocycles. The van der Waals surface area contributed by atoms with Gasteiger partial charge in [-0.1, -0.05) is 24.0 Å². The number of phenols is 1. The summed E-state index contributed by atoms with van der Waals surface area (Å²) >= 11 is 0. The van der Waals surface area contributed by atoms with Crippen LogP contribution in [0.1, 0.15) is 5.56 Å². The van der Waals surface area contributed by atoms with Crippen LogP contribution in [0.5, 0.6) is 5.75 Å². The van der Waals surface area contributed by atoms with Gasteiger partial charge in [0.25, 0.3) is 0 Å². The molecule has 16 heavy (non-hydrogen) atoms. The third-order valence-corrected chi connectivity index (χ3v) is 2.64. The standard InChI is InChI=1S/C13H16N2O/c16-13-6-2-1-4-12(13)5-3-9-15-10-7-14-8-11-15/h1-2,4,6,14,16H,7-11H2. The lowest BCUT2D eigenvalue weighted by Gasteiger charge is -2.24. The van der Waals surface area contributed by atoms with Crippen molar-refractivity contribution in [1.29, 1.82) is 0 Å². The van der Waals surface area contributed by atoms with Crippen molar-refractivity contribution in [3.63, 3.8) is 0 Å². The van der Waals surface area contributed by atoms with Gasteiger partial charge in [-0.3, -0.25) is 4.90 Å². The molecule has 0 unspecified atom stereocenters. The fourth-order valence-corrected chi connectivity index (χ4v) is 1.70. The number of aromatic hydroxyl groups is 1. The van der Waals surface area contributed by atoms with Gasteiger partial charge in [0.15, 0.2) is 0 Å². The third-order valence-electron chi connectivity index (χ3n) is 2.64. The van der Waals surface area contributed by atoms with Crippen molar-refractivity contribution in [3.8, 4) is 17.6 Å². The van der Waals surface area contributed by atoms with Crippen LogP contribution in [0.25, 0.3) is 0 Å². The van der Waals surface area contributed by atoms with E-state index in [2.05, 4.69) is 22.1 Å². The number of benzene rings is 1. The summed E-state index contributed by atoms with van der Waals surface area (Å²) in [5.41, 5.74) is 0.706. The Labute approximate surface area is 96.1 Å². The van der Waals surface area contributed by atoms with E-state index in [4.69, 9.17) is 0 Å². The van der Waals surface area contributed by atoms with E-state index in [0.29, 0.717) is 5.56 Å². The molecule has 1 fully saturated rings. The molecule has 1 saturated heterocycles. The number of nitrogens with one attached hydrogen (secondary N) is 1. The Balaban J connectivity index is 1.92. The molecule has 3 heteroatoms. The van der Waals surface area contributed by atoms with E-state index < -0.39 is 0 Å². The Morgan fingerprint density at radius 2 is 2.00 bits per heavy atom. The molecule has 1 aromatic rings. The van der Waals surface area contributed by atoms with Crippen molar-refractivity contribution >= 4 is 0 Å². The summed E-state index contributed by atoms with van der Waals surface area (Å²) in [5, 5.41) is 12.8. The molecule has 3 nitrogen and oxygen atoms in total. The monoisotopic (exact) mass is 216 g/mol.